The third kappa shape index (κ3) is 2.25. The fourth-order valence-corrected chi connectivity index (χ4v) is 2.20. The fourth-order valence-electron chi connectivity index (χ4n) is 1.20. The summed E-state index contributed by atoms with van der Waals surface area (Å²) in [7, 11) is 0. The average Bonchev–Trinajstić information content (AvgIpc) is 2.73. The number of thioether (sulfide) groups is 1. The number of nitrogens with two attached hydrogens (primary N) is 1. The van der Waals surface area contributed by atoms with Crippen LogP contribution in [0.1, 0.15) is 6.92 Å². The Morgan fingerprint density at radius 3 is 3.12 bits per heavy atom. The molecule has 0 aliphatic rings. The molecule has 2 aromatic rings. The van der Waals surface area contributed by atoms with Gasteiger partial charge < -0.3 is 15.8 Å². The van der Waals surface area contributed by atoms with E-state index in [2.05, 4.69) is 19.9 Å². The van der Waals surface area contributed by atoms with E-state index in [4.69, 9.17) is 10.8 Å². The Balaban J connectivity index is 2.25. The first kappa shape index (κ1) is 11.2. The van der Waals surface area contributed by atoms with Gasteiger partial charge in [-0.25, -0.2) is 9.97 Å². The molecule has 16 heavy (non-hydrogen) atoms. The summed E-state index contributed by atoms with van der Waals surface area (Å²) in [5.41, 5.74) is 6.96. The molecule has 6 nitrogen and oxygen atoms in total. The number of nitrogen functional groups attached to an aromatic ring is 1. The Morgan fingerprint density at radius 1 is 1.56 bits per heavy atom. The lowest BCUT2D eigenvalue weighted by Gasteiger charge is -2.07. The van der Waals surface area contributed by atoms with Crippen LogP contribution >= 0.6 is 11.8 Å². The van der Waals surface area contributed by atoms with E-state index in [0.29, 0.717) is 5.65 Å². The van der Waals surface area contributed by atoms with Crippen molar-refractivity contribution in [2.45, 2.75) is 11.9 Å². The van der Waals surface area contributed by atoms with Crippen molar-refractivity contribution in [3.63, 3.8) is 0 Å². The number of rotatable bonds is 4. The highest BCUT2D eigenvalue weighted by Gasteiger charge is 2.10. The quantitative estimate of drug-likeness (QED) is 0.535. The second kappa shape index (κ2) is 4.67. The van der Waals surface area contributed by atoms with Crippen molar-refractivity contribution in [3.8, 4) is 0 Å². The van der Waals surface area contributed by atoms with E-state index < -0.39 is 0 Å². The molecule has 2 heterocycles. The molecule has 0 amide bonds. The number of aromatic amines is 1. The molecular weight excluding hydrogens is 226 g/mol. The highest BCUT2D eigenvalue weighted by Crippen LogP contribution is 2.25. The number of imidazole rings is 1. The summed E-state index contributed by atoms with van der Waals surface area (Å²) in [5, 5.41) is 9.73. The van der Waals surface area contributed by atoms with Crippen molar-refractivity contribution < 1.29 is 5.11 Å². The van der Waals surface area contributed by atoms with Crippen LogP contribution in [0.25, 0.3) is 11.2 Å². The van der Waals surface area contributed by atoms with Crippen LogP contribution in [0.5, 0.6) is 0 Å². The van der Waals surface area contributed by atoms with Crippen molar-refractivity contribution in [2.24, 2.45) is 5.92 Å². The largest absolute Gasteiger partial charge is 0.396 e. The molecule has 0 saturated heterocycles. The molecule has 4 N–H and O–H groups in total. The Hall–Kier alpha value is -1.34. The Bertz CT molecular complexity index is 486. The van der Waals surface area contributed by atoms with Gasteiger partial charge in [-0.3, -0.25) is 0 Å². The van der Waals surface area contributed by atoms with Crippen LogP contribution in [-0.4, -0.2) is 37.4 Å². The lowest BCUT2D eigenvalue weighted by Crippen LogP contribution is -2.04. The minimum Gasteiger partial charge on any atom is -0.396 e. The first-order chi connectivity index (χ1) is 7.70. The smallest absolute Gasteiger partial charge is 0.223 e. The molecule has 7 heteroatoms. The van der Waals surface area contributed by atoms with E-state index in [1.165, 1.54) is 11.8 Å². The molecule has 0 bridgehead atoms. The van der Waals surface area contributed by atoms with Gasteiger partial charge in [-0.15, -0.1) is 11.8 Å². The molecule has 2 aromatic heterocycles. The number of fused-ring (bicyclic) bond motifs is 1. The van der Waals surface area contributed by atoms with Crippen LogP contribution in [0.2, 0.25) is 0 Å². The molecule has 0 aliphatic heterocycles. The third-order valence-corrected chi connectivity index (χ3v) is 3.39. The van der Waals surface area contributed by atoms with E-state index in [0.717, 1.165) is 16.3 Å². The monoisotopic (exact) mass is 239 g/mol. The average molecular weight is 239 g/mol. The van der Waals surface area contributed by atoms with Crippen molar-refractivity contribution in [3.05, 3.63) is 6.33 Å². The summed E-state index contributed by atoms with van der Waals surface area (Å²) < 4.78 is 0. The molecule has 86 valence electrons. The van der Waals surface area contributed by atoms with Crippen LogP contribution < -0.4 is 5.73 Å². The van der Waals surface area contributed by atoms with E-state index in [1.54, 1.807) is 6.33 Å². The van der Waals surface area contributed by atoms with Crippen molar-refractivity contribution in [1.82, 2.24) is 19.9 Å². The Kier molecular flexibility index (Phi) is 3.25. The van der Waals surface area contributed by atoms with Crippen LogP contribution in [-0.2, 0) is 0 Å². The third-order valence-electron chi connectivity index (χ3n) is 2.09. The number of aromatic nitrogens is 4. The molecule has 0 aliphatic carbocycles. The summed E-state index contributed by atoms with van der Waals surface area (Å²) >= 11 is 1.54. The summed E-state index contributed by atoms with van der Waals surface area (Å²) in [6, 6.07) is 0. The van der Waals surface area contributed by atoms with Crippen LogP contribution in [0.3, 0.4) is 0 Å². The molecule has 1 atom stereocenters. The van der Waals surface area contributed by atoms with Crippen LogP contribution in [0.15, 0.2) is 11.4 Å². The fraction of sp³-hybridized carbons (Fsp3) is 0.444. The van der Waals surface area contributed by atoms with Gasteiger partial charge in [0.15, 0.2) is 5.65 Å². The van der Waals surface area contributed by atoms with Gasteiger partial charge in [0.25, 0.3) is 0 Å². The number of nitrogens with one attached hydrogen (secondary N) is 1. The summed E-state index contributed by atoms with van der Waals surface area (Å²) in [6.45, 7) is 2.14. The molecule has 0 saturated carbocycles. The minimum absolute atomic E-state index is 0.166. The zero-order valence-electron chi connectivity index (χ0n) is 8.84. The normalized spacial score (nSPS) is 13.1. The van der Waals surface area contributed by atoms with Gasteiger partial charge in [-0.1, -0.05) is 6.92 Å². The molecule has 0 aromatic carbocycles. The maximum Gasteiger partial charge on any atom is 0.223 e. The summed E-state index contributed by atoms with van der Waals surface area (Å²) in [6.07, 6.45) is 1.57. The number of aliphatic hydroxyl groups is 1. The van der Waals surface area contributed by atoms with Gasteiger partial charge in [-0.2, -0.15) is 4.98 Å². The molecule has 0 radical (unpaired) electrons. The van der Waals surface area contributed by atoms with Crippen molar-refractivity contribution >= 4 is 28.9 Å². The minimum atomic E-state index is 0.166. The van der Waals surface area contributed by atoms with E-state index in [1.807, 2.05) is 6.92 Å². The van der Waals surface area contributed by atoms with Crippen LogP contribution in [0.4, 0.5) is 5.95 Å². The number of anilines is 1. The maximum atomic E-state index is 8.95. The number of nitrogens with zero attached hydrogens (tertiary/aromatic N) is 3. The van der Waals surface area contributed by atoms with Gasteiger partial charge >= 0.3 is 0 Å². The van der Waals surface area contributed by atoms with Gasteiger partial charge in [0, 0.05) is 12.4 Å². The topological polar surface area (TPSA) is 101 Å². The predicted octanol–water partition coefficient (Wildman–Crippen LogP) is 0.656. The number of H-pyrrole nitrogens is 1. The Labute approximate surface area is 96.7 Å². The molecule has 2 rings (SSSR count). The SMILES string of the molecule is CC(CO)CSc1nc(N)nc2nc[nH]c12. The molecular formula is C9H13N5OS. The standard InChI is InChI=1S/C9H13N5OS/c1-5(2-15)3-16-8-6-7(12-4-11-6)13-9(10)14-8/h4-5,15H,2-3H2,1H3,(H3,10,11,12,13,14). The number of aliphatic hydroxyl groups excluding tert-OH is 1. The Morgan fingerprint density at radius 2 is 2.38 bits per heavy atom. The van der Waals surface area contributed by atoms with Gasteiger partial charge in [0.2, 0.25) is 5.95 Å². The lowest BCUT2D eigenvalue weighted by atomic mass is 10.2. The molecule has 0 spiro atoms. The van der Waals surface area contributed by atoms with Crippen molar-refractivity contribution in [1.29, 1.82) is 0 Å². The predicted molar refractivity (Wildman–Crippen MR) is 63.1 cm³/mol. The summed E-state index contributed by atoms with van der Waals surface area (Å²) in [5.74, 6) is 1.22. The van der Waals surface area contributed by atoms with E-state index in [-0.39, 0.29) is 18.5 Å². The zero-order chi connectivity index (χ0) is 11.5. The second-order valence-corrected chi connectivity index (χ2v) is 4.60. The van der Waals surface area contributed by atoms with Crippen LogP contribution in [0, 0.1) is 5.92 Å². The first-order valence-electron chi connectivity index (χ1n) is 4.91. The zero-order valence-corrected chi connectivity index (χ0v) is 9.66. The highest BCUT2D eigenvalue weighted by atomic mass is 32.2. The highest BCUT2D eigenvalue weighted by molar-refractivity contribution is 7.99. The van der Waals surface area contributed by atoms with Gasteiger partial charge in [0.05, 0.1) is 6.33 Å². The number of hydrogen-bond donors (Lipinski definition) is 3. The number of hydrogen-bond acceptors (Lipinski definition) is 6. The molecule has 0 fully saturated rings. The second-order valence-electron chi connectivity index (χ2n) is 3.59. The molecule has 1 unspecified atom stereocenters. The van der Waals surface area contributed by atoms with Gasteiger partial charge in [-0.05, 0) is 5.92 Å². The first-order valence-corrected chi connectivity index (χ1v) is 5.89. The van der Waals surface area contributed by atoms with Crippen molar-refractivity contribution in [2.75, 3.05) is 18.1 Å². The van der Waals surface area contributed by atoms with E-state index >= 15 is 0 Å². The summed E-state index contributed by atoms with van der Waals surface area (Å²) in [4.78, 5) is 15.2. The maximum absolute atomic E-state index is 8.95. The lowest BCUT2D eigenvalue weighted by molar-refractivity contribution is 0.250. The van der Waals surface area contributed by atoms with E-state index in [9.17, 15) is 0 Å². The van der Waals surface area contributed by atoms with Gasteiger partial charge in [0.1, 0.15) is 10.5 Å².